The molecule has 3 rings (SSSR count). The fraction of sp³-hybridized carbons (Fsp3) is 0.0833. The molecule has 0 N–H and O–H groups in total. The molecule has 0 saturated heterocycles. The van der Waals surface area contributed by atoms with E-state index in [2.05, 4.69) is 0 Å². The third-order valence-corrected chi connectivity index (χ3v) is 5.03. The number of ketones is 1. The Bertz CT molecular complexity index is 1120. The third-order valence-electron chi connectivity index (χ3n) is 4.37. The van der Waals surface area contributed by atoms with Crippen LogP contribution in [0.2, 0.25) is 10.0 Å². The van der Waals surface area contributed by atoms with Gasteiger partial charge in [-0.15, -0.1) is 0 Å². The molecule has 0 aliphatic heterocycles. The maximum Gasteiger partial charge on any atom is 0.343 e. The number of carbonyl (C=O) groups excluding carboxylic acids is 2. The zero-order valence-electron chi connectivity index (χ0n) is 16.7. The lowest BCUT2D eigenvalue weighted by Gasteiger charge is -2.09. The average Bonchev–Trinajstić information content (AvgIpc) is 2.78. The van der Waals surface area contributed by atoms with Crippen molar-refractivity contribution in [2.24, 2.45) is 0 Å². The van der Waals surface area contributed by atoms with Crippen molar-refractivity contribution >= 4 is 41.0 Å². The predicted molar refractivity (Wildman–Crippen MR) is 121 cm³/mol. The van der Waals surface area contributed by atoms with Gasteiger partial charge in [0.2, 0.25) is 0 Å². The highest BCUT2D eigenvalue weighted by Crippen LogP contribution is 2.28. The molecule has 0 amide bonds. The number of esters is 1. The van der Waals surface area contributed by atoms with Crippen LogP contribution in [0.1, 0.15) is 26.3 Å². The molecule has 0 radical (unpaired) electrons. The van der Waals surface area contributed by atoms with Gasteiger partial charge in [-0.3, -0.25) is 4.79 Å². The molecule has 0 saturated carbocycles. The van der Waals surface area contributed by atoms with E-state index in [1.807, 2.05) is 0 Å². The number of hydrogen-bond donors (Lipinski definition) is 0. The topological polar surface area (TPSA) is 61.8 Å². The van der Waals surface area contributed by atoms with Gasteiger partial charge in [-0.05, 0) is 66.7 Å². The molecule has 5 nitrogen and oxygen atoms in total. The molecular weight excluding hydrogens is 439 g/mol. The number of ether oxygens (including phenoxy) is 3. The summed E-state index contributed by atoms with van der Waals surface area (Å²) in [7, 11) is 2.99. The highest BCUT2D eigenvalue weighted by molar-refractivity contribution is 6.37. The monoisotopic (exact) mass is 456 g/mol. The fourth-order valence-corrected chi connectivity index (χ4v) is 3.27. The quantitative estimate of drug-likeness (QED) is 0.185. The number of allylic oxidation sites excluding steroid dienone is 1. The van der Waals surface area contributed by atoms with E-state index in [4.69, 9.17) is 37.4 Å². The minimum Gasteiger partial charge on any atom is -0.493 e. The Hall–Kier alpha value is -3.28. The number of halogens is 2. The van der Waals surface area contributed by atoms with E-state index in [9.17, 15) is 9.59 Å². The van der Waals surface area contributed by atoms with Crippen LogP contribution in [0.5, 0.6) is 17.2 Å². The van der Waals surface area contributed by atoms with E-state index in [0.29, 0.717) is 44.0 Å². The largest absolute Gasteiger partial charge is 0.493 e. The first-order chi connectivity index (χ1) is 14.9. The molecule has 3 aromatic carbocycles. The van der Waals surface area contributed by atoms with Crippen LogP contribution in [-0.2, 0) is 0 Å². The first-order valence-electron chi connectivity index (χ1n) is 9.13. The summed E-state index contributed by atoms with van der Waals surface area (Å²) < 4.78 is 15.7. The van der Waals surface area contributed by atoms with E-state index >= 15 is 0 Å². The normalized spacial score (nSPS) is 10.7. The van der Waals surface area contributed by atoms with E-state index < -0.39 is 5.97 Å². The van der Waals surface area contributed by atoms with Gasteiger partial charge in [0, 0.05) is 21.2 Å². The van der Waals surface area contributed by atoms with Crippen LogP contribution in [0.3, 0.4) is 0 Å². The molecule has 7 heteroatoms. The maximum atomic E-state index is 12.4. The summed E-state index contributed by atoms with van der Waals surface area (Å²) in [6.45, 7) is 0. The Balaban J connectivity index is 1.69. The van der Waals surface area contributed by atoms with Crippen LogP contribution >= 0.6 is 23.2 Å². The molecular formula is C24H18Cl2O5. The number of hydrogen-bond acceptors (Lipinski definition) is 5. The lowest BCUT2D eigenvalue weighted by atomic mass is 10.1. The highest BCUT2D eigenvalue weighted by Gasteiger charge is 2.13. The van der Waals surface area contributed by atoms with Gasteiger partial charge >= 0.3 is 5.97 Å². The average molecular weight is 457 g/mol. The molecule has 0 aliphatic rings. The van der Waals surface area contributed by atoms with Gasteiger partial charge in [0.05, 0.1) is 19.8 Å². The third kappa shape index (κ3) is 5.45. The Morgan fingerprint density at radius 1 is 0.806 bits per heavy atom. The van der Waals surface area contributed by atoms with Crippen molar-refractivity contribution in [2.75, 3.05) is 14.2 Å². The summed E-state index contributed by atoms with van der Waals surface area (Å²) in [5, 5.41) is 0.906. The molecule has 0 spiro atoms. The second-order valence-corrected chi connectivity index (χ2v) is 7.13. The molecule has 0 heterocycles. The molecule has 31 heavy (non-hydrogen) atoms. The van der Waals surface area contributed by atoms with Gasteiger partial charge in [-0.25, -0.2) is 4.79 Å². The molecule has 0 aliphatic carbocycles. The lowest BCUT2D eigenvalue weighted by molar-refractivity contribution is 0.0734. The first-order valence-corrected chi connectivity index (χ1v) is 9.89. The van der Waals surface area contributed by atoms with Gasteiger partial charge in [0.25, 0.3) is 0 Å². The van der Waals surface area contributed by atoms with Gasteiger partial charge in [-0.2, -0.15) is 0 Å². The van der Waals surface area contributed by atoms with Gasteiger partial charge in [0.15, 0.2) is 17.3 Å². The van der Waals surface area contributed by atoms with Crippen molar-refractivity contribution in [3.8, 4) is 17.2 Å². The molecule has 0 fully saturated rings. The van der Waals surface area contributed by atoms with Crippen molar-refractivity contribution in [3.63, 3.8) is 0 Å². The second kappa shape index (κ2) is 10.2. The van der Waals surface area contributed by atoms with Crippen molar-refractivity contribution in [1.29, 1.82) is 0 Å². The summed E-state index contributed by atoms with van der Waals surface area (Å²) in [4.78, 5) is 24.8. The summed E-state index contributed by atoms with van der Waals surface area (Å²) in [5.41, 5.74) is 1.29. The Labute approximate surface area is 189 Å². The predicted octanol–water partition coefficient (Wildman–Crippen LogP) is 6.13. The summed E-state index contributed by atoms with van der Waals surface area (Å²) in [6.07, 6.45) is 2.95. The molecule has 0 unspecified atom stereocenters. The van der Waals surface area contributed by atoms with E-state index in [0.717, 1.165) is 0 Å². The second-order valence-electron chi connectivity index (χ2n) is 6.32. The Morgan fingerprint density at radius 3 is 2.03 bits per heavy atom. The fourth-order valence-electron chi connectivity index (χ4n) is 2.74. The number of rotatable bonds is 7. The summed E-state index contributed by atoms with van der Waals surface area (Å²) >= 11 is 12.2. The van der Waals surface area contributed by atoms with Crippen LogP contribution in [0.4, 0.5) is 0 Å². The molecule has 0 bridgehead atoms. The number of benzene rings is 3. The van der Waals surface area contributed by atoms with Crippen LogP contribution in [0, 0.1) is 0 Å². The molecule has 3 aromatic rings. The lowest BCUT2D eigenvalue weighted by Crippen LogP contribution is -2.09. The molecule has 0 aromatic heterocycles. The van der Waals surface area contributed by atoms with Crippen molar-refractivity contribution in [2.45, 2.75) is 0 Å². The first kappa shape index (κ1) is 22.4. The van der Waals surface area contributed by atoms with Crippen molar-refractivity contribution in [1.82, 2.24) is 0 Å². The zero-order valence-corrected chi connectivity index (χ0v) is 18.2. The van der Waals surface area contributed by atoms with Gasteiger partial charge < -0.3 is 14.2 Å². The summed E-state index contributed by atoms with van der Waals surface area (Å²) in [5.74, 6) is 0.424. The van der Waals surface area contributed by atoms with E-state index in [-0.39, 0.29) is 5.78 Å². The summed E-state index contributed by atoms with van der Waals surface area (Å²) in [6, 6.07) is 16.1. The minimum absolute atomic E-state index is 0.242. The smallest absolute Gasteiger partial charge is 0.343 e. The number of methoxy groups -OCH3 is 2. The Morgan fingerprint density at radius 2 is 1.42 bits per heavy atom. The van der Waals surface area contributed by atoms with Gasteiger partial charge in [-0.1, -0.05) is 29.3 Å². The van der Waals surface area contributed by atoms with Gasteiger partial charge in [0.1, 0.15) is 5.75 Å². The molecule has 0 atom stereocenters. The minimum atomic E-state index is -0.562. The standard InChI is InChI=1S/C24H18Cl2O5/c1-29-22-13-8-16(14-23(22)30-2)24(28)31-17-9-6-15(7-10-17)21(27)12-11-18-19(25)4-3-5-20(18)26/h3-14H,1-2H3. The SMILES string of the molecule is COc1ccc(C(=O)Oc2ccc(C(=O)C=Cc3c(Cl)cccc3Cl)cc2)cc1OC. The molecule has 158 valence electrons. The number of carbonyl (C=O) groups is 2. The van der Waals surface area contributed by atoms with E-state index in [1.54, 1.807) is 60.7 Å². The van der Waals surface area contributed by atoms with Crippen molar-refractivity contribution < 1.29 is 23.8 Å². The van der Waals surface area contributed by atoms with Crippen LogP contribution in [0.25, 0.3) is 6.08 Å². The van der Waals surface area contributed by atoms with Crippen LogP contribution in [-0.4, -0.2) is 26.0 Å². The highest BCUT2D eigenvalue weighted by atomic mass is 35.5. The van der Waals surface area contributed by atoms with Crippen LogP contribution in [0.15, 0.2) is 66.7 Å². The van der Waals surface area contributed by atoms with Crippen molar-refractivity contribution in [3.05, 3.63) is 93.5 Å². The zero-order chi connectivity index (χ0) is 22.4. The Kier molecular flexibility index (Phi) is 7.34. The van der Waals surface area contributed by atoms with Crippen LogP contribution < -0.4 is 14.2 Å². The maximum absolute atomic E-state index is 12.4. The van der Waals surface area contributed by atoms with E-state index in [1.165, 1.54) is 26.4 Å².